The molecule has 0 radical (unpaired) electrons. The number of hydrogen-bond acceptors (Lipinski definition) is 3. The SMILES string of the molecule is O=C1CC[C@@H](C(=O)N2CCc3c(Cl)cccc3C2)CN1Cc1ccccn1. The molecule has 0 saturated carbocycles. The van der Waals surface area contributed by atoms with Gasteiger partial charge in [0.25, 0.3) is 0 Å². The van der Waals surface area contributed by atoms with Gasteiger partial charge in [-0.15, -0.1) is 0 Å². The van der Waals surface area contributed by atoms with Crippen LogP contribution in [0, 0.1) is 5.92 Å². The number of piperidine rings is 1. The van der Waals surface area contributed by atoms with Crippen LogP contribution in [0.15, 0.2) is 42.6 Å². The van der Waals surface area contributed by atoms with Crippen molar-refractivity contribution in [2.45, 2.75) is 32.4 Å². The van der Waals surface area contributed by atoms with Gasteiger partial charge in [-0.2, -0.15) is 0 Å². The normalized spacial score (nSPS) is 19.7. The number of likely N-dealkylation sites (tertiary alicyclic amines) is 1. The zero-order chi connectivity index (χ0) is 18.8. The van der Waals surface area contributed by atoms with Gasteiger partial charge in [-0.1, -0.05) is 29.8 Å². The van der Waals surface area contributed by atoms with Crippen LogP contribution in [0.3, 0.4) is 0 Å². The number of benzene rings is 1. The highest BCUT2D eigenvalue weighted by molar-refractivity contribution is 6.31. The number of rotatable bonds is 3. The Labute approximate surface area is 163 Å². The maximum atomic E-state index is 13.1. The summed E-state index contributed by atoms with van der Waals surface area (Å²) >= 11 is 6.28. The molecule has 2 amide bonds. The third-order valence-corrected chi connectivity index (χ3v) is 5.80. The number of amides is 2. The molecule has 2 aliphatic rings. The number of hydrogen-bond donors (Lipinski definition) is 0. The van der Waals surface area contributed by atoms with E-state index in [9.17, 15) is 9.59 Å². The first kappa shape index (κ1) is 18.0. The van der Waals surface area contributed by atoms with Crippen LogP contribution in [0.25, 0.3) is 0 Å². The predicted octanol–water partition coefficient (Wildman–Crippen LogP) is 3.06. The first-order valence-electron chi connectivity index (χ1n) is 9.34. The van der Waals surface area contributed by atoms with Crippen molar-refractivity contribution in [3.63, 3.8) is 0 Å². The zero-order valence-electron chi connectivity index (χ0n) is 15.1. The van der Waals surface area contributed by atoms with Crippen molar-refractivity contribution in [3.8, 4) is 0 Å². The van der Waals surface area contributed by atoms with Gasteiger partial charge < -0.3 is 9.80 Å². The summed E-state index contributed by atoms with van der Waals surface area (Å²) in [7, 11) is 0. The molecule has 0 bridgehead atoms. The minimum atomic E-state index is -0.146. The summed E-state index contributed by atoms with van der Waals surface area (Å²) in [6.07, 6.45) is 3.54. The molecule has 1 aromatic carbocycles. The maximum Gasteiger partial charge on any atom is 0.227 e. The molecule has 2 aromatic rings. The topological polar surface area (TPSA) is 53.5 Å². The highest BCUT2D eigenvalue weighted by Gasteiger charge is 2.34. The van der Waals surface area contributed by atoms with Crippen LogP contribution in [-0.4, -0.2) is 39.7 Å². The quantitative estimate of drug-likeness (QED) is 0.818. The van der Waals surface area contributed by atoms with E-state index in [1.54, 1.807) is 11.1 Å². The van der Waals surface area contributed by atoms with Crippen molar-refractivity contribution in [1.29, 1.82) is 0 Å². The molecule has 0 unspecified atom stereocenters. The Hall–Kier alpha value is -2.40. The van der Waals surface area contributed by atoms with Gasteiger partial charge in [0, 0.05) is 37.3 Å². The summed E-state index contributed by atoms with van der Waals surface area (Å²) in [5.74, 6) is 0.0896. The first-order chi connectivity index (χ1) is 13.1. The van der Waals surface area contributed by atoms with E-state index in [-0.39, 0.29) is 17.7 Å². The van der Waals surface area contributed by atoms with Crippen LogP contribution in [0.2, 0.25) is 5.02 Å². The molecule has 140 valence electrons. The molecular formula is C21H22ClN3O2. The standard InChI is InChI=1S/C21H22ClN3O2/c22-19-6-3-4-15-12-24(11-9-18(15)19)21(27)16-7-8-20(26)25(13-16)14-17-5-1-2-10-23-17/h1-6,10,16H,7-9,11-14H2/t16-/m1/s1. The lowest BCUT2D eigenvalue weighted by molar-refractivity contribution is -0.144. The minimum absolute atomic E-state index is 0.0977. The van der Waals surface area contributed by atoms with Crippen LogP contribution in [0.1, 0.15) is 29.7 Å². The Bertz CT molecular complexity index is 856. The second-order valence-corrected chi connectivity index (χ2v) is 7.63. The molecule has 0 N–H and O–H groups in total. The molecule has 6 heteroatoms. The van der Waals surface area contributed by atoms with Crippen molar-refractivity contribution in [2.24, 2.45) is 5.92 Å². The lowest BCUT2D eigenvalue weighted by atomic mass is 9.93. The van der Waals surface area contributed by atoms with Gasteiger partial charge in [0.15, 0.2) is 0 Å². The van der Waals surface area contributed by atoms with Crippen molar-refractivity contribution in [1.82, 2.24) is 14.8 Å². The molecule has 1 fully saturated rings. The first-order valence-corrected chi connectivity index (χ1v) is 9.72. The summed E-state index contributed by atoms with van der Waals surface area (Å²) in [6.45, 7) is 2.20. The van der Waals surface area contributed by atoms with E-state index in [0.717, 1.165) is 28.3 Å². The fourth-order valence-electron chi connectivity index (χ4n) is 3.97. The van der Waals surface area contributed by atoms with E-state index in [1.165, 1.54) is 0 Å². The molecule has 27 heavy (non-hydrogen) atoms. The fraction of sp³-hybridized carbons (Fsp3) is 0.381. The molecule has 1 saturated heterocycles. The van der Waals surface area contributed by atoms with Crippen LogP contribution in [0.5, 0.6) is 0 Å². The number of carbonyl (C=O) groups is 2. The third kappa shape index (κ3) is 3.83. The highest BCUT2D eigenvalue weighted by atomic mass is 35.5. The monoisotopic (exact) mass is 383 g/mol. The van der Waals surface area contributed by atoms with E-state index < -0.39 is 0 Å². The van der Waals surface area contributed by atoms with Crippen LogP contribution < -0.4 is 0 Å². The van der Waals surface area contributed by atoms with E-state index in [0.29, 0.717) is 39.0 Å². The Morgan fingerprint density at radius 2 is 2.07 bits per heavy atom. The lowest BCUT2D eigenvalue weighted by Crippen LogP contribution is -2.47. The zero-order valence-corrected chi connectivity index (χ0v) is 15.9. The average molecular weight is 384 g/mol. The van der Waals surface area contributed by atoms with E-state index in [4.69, 9.17) is 11.6 Å². The number of carbonyl (C=O) groups excluding carboxylic acids is 2. The second kappa shape index (κ2) is 7.69. The summed E-state index contributed by atoms with van der Waals surface area (Å²) in [4.78, 5) is 33.4. The molecule has 1 aromatic heterocycles. The van der Waals surface area contributed by atoms with Crippen molar-refractivity contribution in [3.05, 3.63) is 64.4 Å². The molecular weight excluding hydrogens is 362 g/mol. The minimum Gasteiger partial charge on any atom is -0.338 e. The summed E-state index contributed by atoms with van der Waals surface area (Å²) in [5, 5.41) is 0.782. The predicted molar refractivity (Wildman–Crippen MR) is 103 cm³/mol. The Balaban J connectivity index is 1.44. The Morgan fingerprint density at radius 1 is 1.19 bits per heavy atom. The van der Waals surface area contributed by atoms with Crippen LogP contribution in [-0.2, 0) is 29.1 Å². The van der Waals surface area contributed by atoms with E-state index in [1.807, 2.05) is 41.3 Å². The summed E-state index contributed by atoms with van der Waals surface area (Å²) in [6, 6.07) is 11.6. The average Bonchev–Trinajstić information content (AvgIpc) is 2.70. The number of aromatic nitrogens is 1. The fourth-order valence-corrected chi connectivity index (χ4v) is 4.25. The van der Waals surface area contributed by atoms with Gasteiger partial charge in [-0.3, -0.25) is 14.6 Å². The smallest absolute Gasteiger partial charge is 0.227 e. The Kier molecular flexibility index (Phi) is 5.12. The molecule has 2 aliphatic heterocycles. The van der Waals surface area contributed by atoms with E-state index >= 15 is 0 Å². The largest absolute Gasteiger partial charge is 0.338 e. The van der Waals surface area contributed by atoms with Crippen molar-refractivity contribution < 1.29 is 9.59 Å². The summed E-state index contributed by atoms with van der Waals surface area (Å²) < 4.78 is 0. The number of pyridine rings is 1. The lowest BCUT2D eigenvalue weighted by Gasteiger charge is -2.36. The van der Waals surface area contributed by atoms with Crippen LogP contribution in [0.4, 0.5) is 0 Å². The van der Waals surface area contributed by atoms with Crippen molar-refractivity contribution in [2.75, 3.05) is 13.1 Å². The van der Waals surface area contributed by atoms with Gasteiger partial charge >= 0.3 is 0 Å². The van der Waals surface area contributed by atoms with Gasteiger partial charge in [0.05, 0.1) is 18.2 Å². The Morgan fingerprint density at radius 3 is 2.89 bits per heavy atom. The molecule has 3 heterocycles. The van der Waals surface area contributed by atoms with Gasteiger partial charge in [0.2, 0.25) is 11.8 Å². The van der Waals surface area contributed by atoms with Crippen LogP contribution >= 0.6 is 11.6 Å². The maximum absolute atomic E-state index is 13.1. The molecule has 5 nitrogen and oxygen atoms in total. The second-order valence-electron chi connectivity index (χ2n) is 7.22. The summed E-state index contributed by atoms with van der Waals surface area (Å²) in [5.41, 5.74) is 3.12. The molecule has 1 atom stereocenters. The van der Waals surface area contributed by atoms with Crippen molar-refractivity contribution >= 4 is 23.4 Å². The molecule has 4 rings (SSSR count). The van der Waals surface area contributed by atoms with Gasteiger partial charge in [-0.05, 0) is 42.2 Å². The van der Waals surface area contributed by atoms with Gasteiger partial charge in [-0.25, -0.2) is 0 Å². The van der Waals surface area contributed by atoms with Gasteiger partial charge in [0.1, 0.15) is 0 Å². The van der Waals surface area contributed by atoms with E-state index in [2.05, 4.69) is 4.98 Å². The molecule has 0 aliphatic carbocycles. The third-order valence-electron chi connectivity index (χ3n) is 5.45. The molecule has 0 spiro atoms. The number of halogens is 1. The number of fused-ring (bicyclic) bond motifs is 1. The number of nitrogens with zero attached hydrogens (tertiary/aromatic N) is 3. The highest BCUT2D eigenvalue weighted by Crippen LogP contribution is 2.28.